The molecular weight excluding hydrogens is 164 g/mol. The summed E-state index contributed by atoms with van der Waals surface area (Å²) in [5, 5.41) is 2.43. The van der Waals surface area contributed by atoms with Crippen LogP contribution in [0.4, 0.5) is 4.79 Å². The summed E-state index contributed by atoms with van der Waals surface area (Å²) in [5.74, 6) is -0.490. The van der Waals surface area contributed by atoms with E-state index in [1.54, 1.807) is 0 Å². The van der Waals surface area contributed by atoms with Crippen molar-refractivity contribution in [3.8, 4) is 0 Å². The molecule has 0 unspecified atom stereocenters. The van der Waals surface area contributed by atoms with Crippen molar-refractivity contribution in [1.29, 1.82) is 0 Å². The van der Waals surface area contributed by atoms with E-state index in [1.165, 1.54) is 0 Å². The minimum absolute atomic E-state index is 0.0932. The maximum Gasteiger partial charge on any atom is 0.407 e. The molecule has 1 amide bonds. The van der Waals surface area contributed by atoms with Gasteiger partial charge < -0.3 is 20.5 Å². The van der Waals surface area contributed by atoms with Crippen LogP contribution in [0.25, 0.3) is 0 Å². The van der Waals surface area contributed by atoms with Crippen molar-refractivity contribution in [1.82, 2.24) is 5.32 Å². The standard InChI is InChI=1S/C6H8N2O4/c7-3-4-2(12-5(3)9)1-11-6(10)8-4/h2-4H,1,7H2,(H,8,10)/t2-,3+,4+/m1/s1. The number of hydrogen-bond donors (Lipinski definition) is 2. The molecule has 3 N–H and O–H groups in total. The summed E-state index contributed by atoms with van der Waals surface area (Å²) in [5.41, 5.74) is 5.45. The predicted octanol–water partition coefficient (Wildman–Crippen LogP) is -1.65. The van der Waals surface area contributed by atoms with Crippen LogP contribution in [-0.4, -0.2) is 36.9 Å². The van der Waals surface area contributed by atoms with Gasteiger partial charge in [-0.2, -0.15) is 0 Å². The summed E-state index contributed by atoms with van der Waals surface area (Å²) < 4.78 is 9.43. The molecule has 2 heterocycles. The van der Waals surface area contributed by atoms with E-state index >= 15 is 0 Å². The lowest BCUT2D eigenvalue weighted by atomic mass is 10.1. The Morgan fingerprint density at radius 1 is 1.50 bits per heavy atom. The van der Waals surface area contributed by atoms with Gasteiger partial charge in [-0.05, 0) is 0 Å². The molecule has 0 aromatic heterocycles. The number of carbonyl (C=O) groups is 2. The zero-order valence-corrected chi connectivity index (χ0v) is 6.15. The number of nitrogens with two attached hydrogens (primary N) is 1. The number of rotatable bonds is 0. The molecule has 0 bridgehead atoms. The molecule has 6 nitrogen and oxygen atoms in total. The average Bonchev–Trinajstić information content (AvgIpc) is 2.31. The van der Waals surface area contributed by atoms with Crippen LogP contribution < -0.4 is 11.1 Å². The van der Waals surface area contributed by atoms with E-state index in [9.17, 15) is 9.59 Å². The Balaban J connectivity index is 2.15. The van der Waals surface area contributed by atoms with Gasteiger partial charge in [0.25, 0.3) is 0 Å². The maximum atomic E-state index is 10.9. The molecular formula is C6H8N2O4. The molecule has 0 aromatic carbocycles. The zero-order valence-electron chi connectivity index (χ0n) is 6.15. The maximum absolute atomic E-state index is 10.9. The second-order valence-electron chi connectivity index (χ2n) is 2.77. The number of alkyl carbamates (subject to hydrolysis) is 1. The molecule has 2 saturated heterocycles. The zero-order chi connectivity index (χ0) is 8.72. The molecule has 12 heavy (non-hydrogen) atoms. The highest BCUT2D eigenvalue weighted by Gasteiger charge is 2.46. The van der Waals surface area contributed by atoms with Crippen LogP contribution in [0, 0.1) is 0 Å². The lowest BCUT2D eigenvalue weighted by Gasteiger charge is -2.24. The lowest BCUT2D eigenvalue weighted by molar-refractivity contribution is -0.144. The summed E-state index contributed by atoms with van der Waals surface area (Å²) in [6.07, 6.45) is -0.977. The summed E-state index contributed by atoms with van der Waals surface area (Å²) >= 11 is 0. The summed E-state index contributed by atoms with van der Waals surface area (Å²) in [7, 11) is 0. The van der Waals surface area contributed by atoms with Crippen LogP contribution in [0.2, 0.25) is 0 Å². The van der Waals surface area contributed by atoms with Crippen molar-refractivity contribution >= 4 is 12.1 Å². The summed E-state index contributed by atoms with van der Waals surface area (Å²) in [6, 6.07) is -1.19. The van der Waals surface area contributed by atoms with Crippen LogP contribution in [0.1, 0.15) is 0 Å². The Labute approximate surface area is 68.0 Å². The van der Waals surface area contributed by atoms with E-state index in [4.69, 9.17) is 10.5 Å². The van der Waals surface area contributed by atoms with Gasteiger partial charge in [-0.25, -0.2) is 4.79 Å². The van der Waals surface area contributed by atoms with Gasteiger partial charge in [0.1, 0.15) is 12.6 Å². The van der Waals surface area contributed by atoms with Crippen LogP contribution in [0.3, 0.4) is 0 Å². The first-order valence-electron chi connectivity index (χ1n) is 3.58. The third kappa shape index (κ3) is 0.918. The van der Waals surface area contributed by atoms with Gasteiger partial charge in [0.2, 0.25) is 0 Å². The van der Waals surface area contributed by atoms with Gasteiger partial charge in [-0.1, -0.05) is 0 Å². The fourth-order valence-corrected chi connectivity index (χ4v) is 1.33. The molecule has 0 saturated carbocycles. The molecule has 3 atom stereocenters. The number of esters is 1. The number of fused-ring (bicyclic) bond motifs is 1. The minimum atomic E-state index is -0.761. The van der Waals surface area contributed by atoms with Crippen molar-refractivity contribution in [3.63, 3.8) is 0 Å². The Morgan fingerprint density at radius 2 is 2.25 bits per heavy atom. The van der Waals surface area contributed by atoms with Gasteiger partial charge in [-0.3, -0.25) is 4.79 Å². The molecule has 2 rings (SSSR count). The largest absolute Gasteiger partial charge is 0.455 e. The second kappa shape index (κ2) is 2.34. The molecule has 6 heteroatoms. The SMILES string of the molecule is N[C@@H]1C(=O)O[C@@H]2COC(=O)N[C@H]12. The molecule has 0 aromatic rings. The topological polar surface area (TPSA) is 90.7 Å². The van der Waals surface area contributed by atoms with Crippen LogP contribution in [-0.2, 0) is 14.3 Å². The third-order valence-electron chi connectivity index (χ3n) is 1.99. The highest BCUT2D eigenvalue weighted by atomic mass is 16.6. The molecule has 0 spiro atoms. The minimum Gasteiger partial charge on any atom is -0.455 e. The van der Waals surface area contributed by atoms with E-state index in [1.807, 2.05) is 0 Å². The first kappa shape index (κ1) is 7.35. The Kier molecular flexibility index (Phi) is 1.44. The van der Waals surface area contributed by atoms with E-state index < -0.39 is 30.3 Å². The fourth-order valence-electron chi connectivity index (χ4n) is 1.33. The van der Waals surface area contributed by atoms with Gasteiger partial charge in [-0.15, -0.1) is 0 Å². The van der Waals surface area contributed by atoms with E-state index in [2.05, 4.69) is 10.1 Å². The first-order chi connectivity index (χ1) is 5.68. The van der Waals surface area contributed by atoms with E-state index in [0.29, 0.717) is 0 Å². The number of nitrogens with one attached hydrogen (secondary N) is 1. The van der Waals surface area contributed by atoms with E-state index in [0.717, 1.165) is 0 Å². The van der Waals surface area contributed by atoms with Crippen LogP contribution >= 0.6 is 0 Å². The summed E-state index contributed by atoms with van der Waals surface area (Å²) in [4.78, 5) is 21.6. The second-order valence-corrected chi connectivity index (χ2v) is 2.77. The fraction of sp³-hybridized carbons (Fsp3) is 0.667. The molecule has 0 aliphatic carbocycles. The third-order valence-corrected chi connectivity index (χ3v) is 1.99. The van der Waals surface area contributed by atoms with Gasteiger partial charge in [0.15, 0.2) is 6.10 Å². The van der Waals surface area contributed by atoms with Gasteiger partial charge >= 0.3 is 12.1 Å². The van der Waals surface area contributed by atoms with Crippen LogP contribution in [0.15, 0.2) is 0 Å². The van der Waals surface area contributed by atoms with Crippen molar-refractivity contribution < 1.29 is 19.1 Å². The summed E-state index contributed by atoms with van der Waals surface area (Å²) in [6.45, 7) is 0.0932. The Bertz CT molecular complexity index is 242. The number of ether oxygens (including phenoxy) is 2. The molecule has 66 valence electrons. The van der Waals surface area contributed by atoms with Crippen molar-refractivity contribution in [2.45, 2.75) is 18.2 Å². The first-order valence-corrected chi connectivity index (χ1v) is 3.58. The number of cyclic esters (lactones) is 1. The van der Waals surface area contributed by atoms with Crippen LogP contribution in [0.5, 0.6) is 0 Å². The van der Waals surface area contributed by atoms with Crippen molar-refractivity contribution in [3.05, 3.63) is 0 Å². The monoisotopic (exact) mass is 172 g/mol. The van der Waals surface area contributed by atoms with Crippen molar-refractivity contribution in [2.75, 3.05) is 6.61 Å². The van der Waals surface area contributed by atoms with E-state index in [-0.39, 0.29) is 6.61 Å². The molecule has 0 radical (unpaired) electrons. The smallest absolute Gasteiger partial charge is 0.407 e. The molecule has 2 aliphatic heterocycles. The van der Waals surface area contributed by atoms with Gasteiger partial charge in [0.05, 0.1) is 6.04 Å². The average molecular weight is 172 g/mol. The lowest BCUT2D eigenvalue weighted by Crippen LogP contribution is -2.55. The molecule has 2 aliphatic rings. The van der Waals surface area contributed by atoms with Crippen molar-refractivity contribution in [2.24, 2.45) is 5.73 Å². The number of carbonyl (C=O) groups excluding carboxylic acids is 2. The predicted molar refractivity (Wildman–Crippen MR) is 36.1 cm³/mol. The van der Waals surface area contributed by atoms with Gasteiger partial charge in [0, 0.05) is 0 Å². The Morgan fingerprint density at radius 3 is 3.00 bits per heavy atom. The number of hydrogen-bond acceptors (Lipinski definition) is 5. The highest BCUT2D eigenvalue weighted by molar-refractivity contribution is 5.81. The highest BCUT2D eigenvalue weighted by Crippen LogP contribution is 2.17. The molecule has 2 fully saturated rings. The quantitative estimate of drug-likeness (QED) is 0.427. The Hall–Kier alpha value is -1.30. The number of amides is 1. The normalized spacial score (nSPS) is 39.6.